The standard InChI is InChI=1S/C13H14F3N3O/c1-8(11(17)9-5-3-2-4-6-9)12-18-10(19-20-12)7-13(14,15)16/h2-6,8,11H,7,17H2,1H3. The van der Waals surface area contributed by atoms with Crippen LogP contribution in [0.5, 0.6) is 0 Å². The van der Waals surface area contributed by atoms with Crippen LogP contribution in [0.15, 0.2) is 34.9 Å². The van der Waals surface area contributed by atoms with E-state index in [1.165, 1.54) is 0 Å². The molecule has 2 rings (SSSR count). The number of aromatic nitrogens is 2. The molecule has 2 N–H and O–H groups in total. The molecule has 2 atom stereocenters. The Bertz CT molecular complexity index is 553. The van der Waals surface area contributed by atoms with E-state index in [0.717, 1.165) is 5.56 Å². The highest BCUT2D eigenvalue weighted by molar-refractivity contribution is 5.21. The summed E-state index contributed by atoms with van der Waals surface area (Å²) in [5, 5.41) is 3.34. The topological polar surface area (TPSA) is 64.9 Å². The van der Waals surface area contributed by atoms with Gasteiger partial charge in [0, 0.05) is 6.04 Å². The van der Waals surface area contributed by atoms with Crippen molar-refractivity contribution in [2.75, 3.05) is 0 Å². The Kier molecular flexibility index (Phi) is 4.08. The highest BCUT2D eigenvalue weighted by Crippen LogP contribution is 2.28. The lowest BCUT2D eigenvalue weighted by molar-refractivity contribution is -0.128. The molecular weight excluding hydrogens is 271 g/mol. The van der Waals surface area contributed by atoms with E-state index in [4.69, 9.17) is 10.3 Å². The maximum atomic E-state index is 12.2. The van der Waals surface area contributed by atoms with E-state index in [-0.39, 0.29) is 17.6 Å². The Morgan fingerprint density at radius 1 is 1.25 bits per heavy atom. The summed E-state index contributed by atoms with van der Waals surface area (Å²) in [5.41, 5.74) is 6.91. The molecular formula is C13H14F3N3O. The van der Waals surface area contributed by atoms with Crippen LogP contribution in [-0.2, 0) is 6.42 Å². The fourth-order valence-electron chi connectivity index (χ4n) is 1.82. The molecule has 2 unspecified atom stereocenters. The largest absolute Gasteiger partial charge is 0.396 e. The van der Waals surface area contributed by atoms with Gasteiger partial charge in [-0.2, -0.15) is 18.2 Å². The molecule has 0 spiro atoms. The second kappa shape index (κ2) is 5.62. The van der Waals surface area contributed by atoms with Crippen molar-refractivity contribution in [3.63, 3.8) is 0 Å². The van der Waals surface area contributed by atoms with E-state index >= 15 is 0 Å². The fourth-order valence-corrected chi connectivity index (χ4v) is 1.82. The number of benzene rings is 1. The van der Waals surface area contributed by atoms with Gasteiger partial charge >= 0.3 is 6.18 Å². The summed E-state index contributed by atoms with van der Waals surface area (Å²) < 4.78 is 41.6. The van der Waals surface area contributed by atoms with Crippen LogP contribution < -0.4 is 5.73 Å². The fraction of sp³-hybridized carbons (Fsp3) is 0.385. The third kappa shape index (κ3) is 3.57. The maximum absolute atomic E-state index is 12.2. The Labute approximate surface area is 113 Å². The lowest BCUT2D eigenvalue weighted by Crippen LogP contribution is -2.18. The van der Waals surface area contributed by atoms with Gasteiger partial charge in [-0.05, 0) is 5.56 Å². The first-order valence-corrected chi connectivity index (χ1v) is 6.06. The predicted molar refractivity (Wildman–Crippen MR) is 65.8 cm³/mol. The van der Waals surface area contributed by atoms with E-state index in [0.29, 0.717) is 0 Å². The van der Waals surface area contributed by atoms with E-state index < -0.39 is 18.6 Å². The summed E-state index contributed by atoms with van der Waals surface area (Å²) in [4.78, 5) is 3.76. The van der Waals surface area contributed by atoms with Crippen molar-refractivity contribution in [2.24, 2.45) is 5.73 Å². The summed E-state index contributed by atoms with van der Waals surface area (Å²) >= 11 is 0. The Hall–Kier alpha value is -1.89. The Morgan fingerprint density at radius 3 is 2.50 bits per heavy atom. The molecule has 20 heavy (non-hydrogen) atoms. The molecule has 0 saturated heterocycles. The summed E-state index contributed by atoms with van der Waals surface area (Å²) in [6.07, 6.45) is -5.56. The second-order valence-corrected chi connectivity index (χ2v) is 4.57. The zero-order valence-corrected chi connectivity index (χ0v) is 10.8. The van der Waals surface area contributed by atoms with Crippen molar-refractivity contribution < 1.29 is 17.7 Å². The summed E-state index contributed by atoms with van der Waals surface area (Å²) in [5.74, 6) is -0.632. The van der Waals surface area contributed by atoms with Crippen molar-refractivity contribution in [3.05, 3.63) is 47.6 Å². The number of alkyl halides is 3. The maximum Gasteiger partial charge on any atom is 0.396 e. The molecule has 0 fully saturated rings. The van der Waals surface area contributed by atoms with Crippen molar-refractivity contribution in [1.29, 1.82) is 0 Å². The Balaban J connectivity index is 2.12. The Morgan fingerprint density at radius 2 is 1.90 bits per heavy atom. The van der Waals surface area contributed by atoms with Crippen LogP contribution in [0.1, 0.15) is 36.2 Å². The number of hydrogen-bond donors (Lipinski definition) is 1. The van der Waals surface area contributed by atoms with Gasteiger partial charge < -0.3 is 10.3 Å². The van der Waals surface area contributed by atoms with Gasteiger partial charge in [-0.1, -0.05) is 42.4 Å². The van der Waals surface area contributed by atoms with Crippen molar-refractivity contribution in [3.8, 4) is 0 Å². The van der Waals surface area contributed by atoms with Crippen molar-refractivity contribution >= 4 is 0 Å². The van der Waals surface area contributed by atoms with Crippen LogP contribution in [0.25, 0.3) is 0 Å². The first kappa shape index (κ1) is 14.5. The van der Waals surface area contributed by atoms with E-state index in [9.17, 15) is 13.2 Å². The molecule has 2 aromatic rings. The highest BCUT2D eigenvalue weighted by Gasteiger charge is 2.31. The molecule has 4 nitrogen and oxygen atoms in total. The summed E-state index contributed by atoms with van der Waals surface area (Å²) in [7, 11) is 0. The number of hydrogen-bond acceptors (Lipinski definition) is 4. The molecule has 0 radical (unpaired) electrons. The summed E-state index contributed by atoms with van der Waals surface area (Å²) in [6.45, 7) is 1.74. The van der Waals surface area contributed by atoms with Gasteiger partial charge in [0.2, 0.25) is 5.89 Å². The molecule has 0 aliphatic rings. The number of rotatable bonds is 4. The normalized spacial score (nSPS) is 15.1. The second-order valence-electron chi connectivity index (χ2n) is 4.57. The van der Waals surface area contributed by atoms with Crippen LogP contribution in [0.2, 0.25) is 0 Å². The monoisotopic (exact) mass is 285 g/mol. The van der Waals surface area contributed by atoms with Gasteiger partial charge in [-0.3, -0.25) is 0 Å². The van der Waals surface area contributed by atoms with E-state index in [1.807, 2.05) is 30.3 Å². The first-order chi connectivity index (χ1) is 9.37. The van der Waals surface area contributed by atoms with Gasteiger partial charge in [-0.25, -0.2) is 0 Å². The molecule has 0 bridgehead atoms. The van der Waals surface area contributed by atoms with Crippen molar-refractivity contribution in [1.82, 2.24) is 10.1 Å². The third-order valence-electron chi connectivity index (χ3n) is 2.96. The zero-order chi connectivity index (χ0) is 14.8. The molecule has 1 aromatic carbocycles. The average Bonchev–Trinajstić information content (AvgIpc) is 2.84. The molecule has 0 aliphatic heterocycles. The van der Waals surface area contributed by atoms with Crippen LogP contribution >= 0.6 is 0 Å². The minimum atomic E-state index is -4.36. The molecule has 0 aliphatic carbocycles. The molecule has 1 aromatic heterocycles. The van der Waals surface area contributed by atoms with Crippen molar-refractivity contribution in [2.45, 2.75) is 31.5 Å². The minimum absolute atomic E-state index is 0.112. The lowest BCUT2D eigenvalue weighted by atomic mass is 9.95. The summed E-state index contributed by atoms with van der Waals surface area (Å²) in [6, 6.07) is 8.79. The molecule has 1 heterocycles. The first-order valence-electron chi connectivity index (χ1n) is 6.06. The predicted octanol–water partition coefficient (Wildman–Crippen LogP) is 2.98. The quantitative estimate of drug-likeness (QED) is 0.938. The van der Waals surface area contributed by atoms with Gasteiger partial charge in [0.25, 0.3) is 0 Å². The SMILES string of the molecule is CC(c1nc(CC(F)(F)F)no1)C(N)c1ccccc1. The van der Waals surface area contributed by atoms with Gasteiger partial charge in [-0.15, -0.1) is 0 Å². The third-order valence-corrected chi connectivity index (χ3v) is 2.96. The molecule has 7 heteroatoms. The molecule has 0 amide bonds. The van der Waals surface area contributed by atoms with Crippen LogP contribution in [0.4, 0.5) is 13.2 Å². The van der Waals surface area contributed by atoms with Crippen LogP contribution in [0.3, 0.4) is 0 Å². The van der Waals surface area contributed by atoms with Crippen LogP contribution in [-0.4, -0.2) is 16.3 Å². The van der Waals surface area contributed by atoms with Gasteiger partial charge in [0.05, 0.1) is 5.92 Å². The van der Waals surface area contributed by atoms with Gasteiger partial charge in [0.15, 0.2) is 5.82 Å². The average molecular weight is 285 g/mol. The van der Waals surface area contributed by atoms with E-state index in [2.05, 4.69) is 10.1 Å². The zero-order valence-electron chi connectivity index (χ0n) is 10.8. The van der Waals surface area contributed by atoms with E-state index in [1.54, 1.807) is 6.92 Å². The number of nitrogens with zero attached hydrogens (tertiary/aromatic N) is 2. The van der Waals surface area contributed by atoms with Crippen LogP contribution in [0, 0.1) is 0 Å². The lowest BCUT2D eigenvalue weighted by Gasteiger charge is -2.16. The highest BCUT2D eigenvalue weighted by atomic mass is 19.4. The number of halogens is 3. The smallest absolute Gasteiger partial charge is 0.339 e. The molecule has 0 saturated carbocycles. The minimum Gasteiger partial charge on any atom is -0.339 e. The molecule has 108 valence electrons. The number of nitrogens with two attached hydrogens (primary N) is 1. The van der Waals surface area contributed by atoms with Gasteiger partial charge in [0.1, 0.15) is 6.42 Å².